The molecule has 1 aliphatic heterocycles. The van der Waals surface area contributed by atoms with E-state index in [9.17, 15) is 4.79 Å². The van der Waals surface area contributed by atoms with Crippen LogP contribution >= 0.6 is 11.6 Å². The maximum atomic E-state index is 12.3. The Bertz CT molecular complexity index is 750. The topological polar surface area (TPSA) is 82.6 Å². The zero-order valence-electron chi connectivity index (χ0n) is 13.7. The molecule has 7 nitrogen and oxygen atoms in total. The Balaban J connectivity index is 1.63. The second-order valence-electron chi connectivity index (χ2n) is 5.47. The molecule has 3 rings (SSSR count). The molecule has 1 aliphatic rings. The Hall–Kier alpha value is -2.38. The molecule has 1 saturated heterocycles. The smallest absolute Gasteiger partial charge is 0.253 e. The molecule has 2 aromatic rings. The zero-order chi connectivity index (χ0) is 17.6. The van der Waals surface area contributed by atoms with E-state index in [4.69, 9.17) is 25.8 Å². The molecule has 0 spiro atoms. The monoisotopic (exact) mass is 363 g/mol. The first-order chi connectivity index (χ1) is 12.2. The molecule has 1 amide bonds. The summed E-state index contributed by atoms with van der Waals surface area (Å²) in [5, 5.41) is 3.08. The summed E-state index contributed by atoms with van der Waals surface area (Å²) in [7, 11) is 1.53. The quantitative estimate of drug-likeness (QED) is 0.847. The Morgan fingerprint density at radius 3 is 3.04 bits per heavy atom. The Morgan fingerprint density at radius 2 is 2.32 bits per heavy atom. The predicted octanol–water partition coefficient (Wildman–Crippen LogP) is 2.24. The number of carbonyl (C=O) groups excluding carboxylic acids is 1. The average molecular weight is 364 g/mol. The van der Waals surface area contributed by atoms with Crippen molar-refractivity contribution >= 4 is 17.5 Å². The lowest BCUT2D eigenvalue weighted by molar-refractivity contribution is 0.0950. The molecule has 0 aromatic carbocycles. The van der Waals surface area contributed by atoms with Crippen LogP contribution in [0.4, 0.5) is 0 Å². The second kappa shape index (κ2) is 8.13. The van der Waals surface area contributed by atoms with Gasteiger partial charge in [-0.2, -0.15) is 0 Å². The molecule has 1 N–H and O–H groups in total. The summed E-state index contributed by atoms with van der Waals surface area (Å²) in [4.78, 5) is 20.5. The van der Waals surface area contributed by atoms with Crippen molar-refractivity contribution in [3.8, 4) is 11.8 Å². The average Bonchev–Trinajstić information content (AvgIpc) is 3.14. The van der Waals surface area contributed by atoms with Gasteiger partial charge in [0.05, 0.1) is 25.9 Å². The minimum absolute atomic E-state index is 0.0530. The number of nitrogens with zero attached hydrogens (tertiary/aromatic N) is 2. The minimum atomic E-state index is -0.295. The Kier molecular flexibility index (Phi) is 5.67. The first-order valence-electron chi connectivity index (χ1n) is 7.83. The Labute approximate surface area is 150 Å². The van der Waals surface area contributed by atoms with Crippen molar-refractivity contribution in [3.63, 3.8) is 0 Å². The number of rotatable bonds is 6. The number of pyridine rings is 2. The van der Waals surface area contributed by atoms with Gasteiger partial charge in [-0.05, 0) is 12.1 Å². The van der Waals surface area contributed by atoms with Gasteiger partial charge in [0, 0.05) is 30.9 Å². The third kappa shape index (κ3) is 4.37. The molecule has 25 heavy (non-hydrogen) atoms. The molecule has 2 aromatic heterocycles. The highest BCUT2D eigenvalue weighted by molar-refractivity contribution is 6.32. The molecule has 1 fully saturated rings. The summed E-state index contributed by atoms with van der Waals surface area (Å²) in [5.74, 6) is 0.486. The van der Waals surface area contributed by atoms with E-state index in [0.29, 0.717) is 35.6 Å². The normalized spacial score (nSPS) is 16.5. The van der Waals surface area contributed by atoms with E-state index < -0.39 is 0 Å². The third-order valence-electron chi connectivity index (χ3n) is 3.72. The van der Waals surface area contributed by atoms with Crippen LogP contribution in [0.5, 0.6) is 11.8 Å². The zero-order valence-corrected chi connectivity index (χ0v) is 14.5. The highest BCUT2D eigenvalue weighted by Gasteiger charge is 2.20. The van der Waals surface area contributed by atoms with Crippen LogP contribution in [-0.4, -0.2) is 42.3 Å². The van der Waals surface area contributed by atoms with Gasteiger partial charge in [-0.25, -0.2) is 9.97 Å². The van der Waals surface area contributed by atoms with Crippen LogP contribution in [0.25, 0.3) is 0 Å². The van der Waals surface area contributed by atoms with Crippen molar-refractivity contribution < 1.29 is 19.0 Å². The molecular weight excluding hydrogens is 346 g/mol. The highest BCUT2D eigenvalue weighted by atomic mass is 35.5. The summed E-state index contributed by atoms with van der Waals surface area (Å²) in [6.07, 6.45) is 3.81. The van der Waals surface area contributed by atoms with Gasteiger partial charge in [0.1, 0.15) is 11.1 Å². The van der Waals surface area contributed by atoms with Gasteiger partial charge < -0.3 is 19.5 Å². The summed E-state index contributed by atoms with van der Waals surface area (Å²) in [6, 6.07) is 5.15. The first kappa shape index (κ1) is 17.4. The fourth-order valence-corrected chi connectivity index (χ4v) is 2.63. The number of carbonyl (C=O) groups is 1. The van der Waals surface area contributed by atoms with Gasteiger partial charge in [-0.1, -0.05) is 17.7 Å². The number of amides is 1. The number of nitrogens with one attached hydrogen (secondary N) is 1. The van der Waals surface area contributed by atoms with Crippen molar-refractivity contribution in [2.24, 2.45) is 0 Å². The van der Waals surface area contributed by atoms with E-state index in [0.717, 1.165) is 12.0 Å². The van der Waals surface area contributed by atoms with Crippen molar-refractivity contribution in [2.75, 3.05) is 20.3 Å². The lowest BCUT2D eigenvalue weighted by atomic mass is 10.2. The standard InChI is InChI=1S/C17H18ClN3O4/c1-23-16-11(3-2-5-19-16)8-20-15(22)12-7-14(18)17(21-9-12)25-13-4-6-24-10-13/h2-3,5,7,9,13H,4,6,8,10H2,1H3,(H,20,22). The van der Waals surface area contributed by atoms with E-state index in [1.54, 1.807) is 12.3 Å². The molecule has 8 heteroatoms. The number of methoxy groups -OCH3 is 1. The largest absolute Gasteiger partial charge is 0.481 e. The summed E-state index contributed by atoms with van der Waals surface area (Å²) in [5.41, 5.74) is 1.13. The van der Waals surface area contributed by atoms with Gasteiger partial charge in [0.15, 0.2) is 0 Å². The van der Waals surface area contributed by atoms with Gasteiger partial charge in [0.25, 0.3) is 5.91 Å². The van der Waals surface area contributed by atoms with E-state index in [1.807, 2.05) is 6.07 Å². The molecule has 0 radical (unpaired) electrons. The fourth-order valence-electron chi connectivity index (χ4n) is 2.42. The third-order valence-corrected chi connectivity index (χ3v) is 3.99. The number of hydrogen-bond acceptors (Lipinski definition) is 6. The van der Waals surface area contributed by atoms with E-state index in [2.05, 4.69) is 15.3 Å². The maximum Gasteiger partial charge on any atom is 0.253 e. The lowest BCUT2D eigenvalue weighted by Crippen LogP contribution is -2.23. The maximum absolute atomic E-state index is 12.3. The van der Waals surface area contributed by atoms with Crippen LogP contribution < -0.4 is 14.8 Å². The van der Waals surface area contributed by atoms with Crippen LogP contribution in [0, 0.1) is 0 Å². The molecule has 0 saturated carbocycles. The van der Waals surface area contributed by atoms with Crippen molar-refractivity contribution in [1.29, 1.82) is 0 Å². The molecule has 1 unspecified atom stereocenters. The molecule has 0 aliphatic carbocycles. The molecule has 0 bridgehead atoms. The van der Waals surface area contributed by atoms with Crippen LogP contribution in [0.2, 0.25) is 5.02 Å². The van der Waals surface area contributed by atoms with Crippen molar-refractivity contribution in [2.45, 2.75) is 19.1 Å². The lowest BCUT2D eigenvalue weighted by Gasteiger charge is -2.13. The molecule has 132 valence electrons. The van der Waals surface area contributed by atoms with E-state index in [-0.39, 0.29) is 18.6 Å². The van der Waals surface area contributed by atoms with Crippen LogP contribution in [-0.2, 0) is 11.3 Å². The second-order valence-corrected chi connectivity index (χ2v) is 5.88. The number of hydrogen-bond donors (Lipinski definition) is 1. The number of aromatic nitrogens is 2. The predicted molar refractivity (Wildman–Crippen MR) is 91.1 cm³/mol. The van der Waals surface area contributed by atoms with Crippen LogP contribution in [0.15, 0.2) is 30.6 Å². The highest BCUT2D eigenvalue weighted by Crippen LogP contribution is 2.25. The van der Waals surface area contributed by atoms with Gasteiger partial charge in [-0.15, -0.1) is 0 Å². The van der Waals surface area contributed by atoms with Gasteiger partial charge in [-0.3, -0.25) is 4.79 Å². The minimum Gasteiger partial charge on any atom is -0.481 e. The van der Waals surface area contributed by atoms with Crippen molar-refractivity contribution in [3.05, 3.63) is 46.7 Å². The summed E-state index contributed by atoms with van der Waals surface area (Å²) < 4.78 is 16.1. The molecular formula is C17H18ClN3O4. The van der Waals surface area contributed by atoms with E-state index >= 15 is 0 Å². The molecule has 3 heterocycles. The Morgan fingerprint density at radius 1 is 1.44 bits per heavy atom. The number of ether oxygens (including phenoxy) is 3. The van der Waals surface area contributed by atoms with Crippen LogP contribution in [0.3, 0.4) is 0 Å². The SMILES string of the molecule is COc1ncccc1CNC(=O)c1cnc(OC2CCOC2)c(Cl)c1. The number of halogens is 1. The van der Waals surface area contributed by atoms with Gasteiger partial charge >= 0.3 is 0 Å². The van der Waals surface area contributed by atoms with E-state index in [1.165, 1.54) is 19.4 Å². The molecule has 1 atom stereocenters. The van der Waals surface area contributed by atoms with Gasteiger partial charge in [0.2, 0.25) is 11.8 Å². The first-order valence-corrected chi connectivity index (χ1v) is 8.21. The van der Waals surface area contributed by atoms with Crippen molar-refractivity contribution in [1.82, 2.24) is 15.3 Å². The summed E-state index contributed by atoms with van der Waals surface area (Å²) >= 11 is 6.18. The fraction of sp³-hybridized carbons (Fsp3) is 0.353. The summed E-state index contributed by atoms with van der Waals surface area (Å²) in [6.45, 7) is 1.47. The van der Waals surface area contributed by atoms with Crippen LogP contribution in [0.1, 0.15) is 22.3 Å².